The Hall–Kier alpha value is -5.23. The molecule has 1 amide bonds. The van der Waals surface area contributed by atoms with Crippen molar-refractivity contribution in [2.75, 3.05) is 11.9 Å². The van der Waals surface area contributed by atoms with Gasteiger partial charge < -0.3 is 14.8 Å². The average Bonchev–Trinajstić information content (AvgIpc) is 3.42. The van der Waals surface area contributed by atoms with Gasteiger partial charge in [0.1, 0.15) is 11.8 Å². The molecule has 2 atom stereocenters. The lowest BCUT2D eigenvalue weighted by Gasteiger charge is -2.42. The molecule has 38 heavy (non-hydrogen) atoms. The molecular weight excluding hydrogens is 486 g/mol. The Morgan fingerprint density at radius 3 is 2.39 bits per heavy atom. The van der Waals surface area contributed by atoms with E-state index in [9.17, 15) is 25.0 Å². The van der Waals surface area contributed by atoms with Crippen molar-refractivity contribution in [3.63, 3.8) is 0 Å². The van der Waals surface area contributed by atoms with Gasteiger partial charge in [-0.2, -0.15) is 5.26 Å². The summed E-state index contributed by atoms with van der Waals surface area (Å²) >= 11 is 0. The van der Waals surface area contributed by atoms with E-state index >= 15 is 0 Å². The fourth-order valence-corrected chi connectivity index (χ4v) is 5.33. The number of hydrogen-bond donors (Lipinski definition) is 1. The molecule has 2 aliphatic rings. The van der Waals surface area contributed by atoms with Crippen LogP contribution >= 0.6 is 0 Å². The Labute approximate surface area is 217 Å². The zero-order valence-electron chi connectivity index (χ0n) is 20.3. The Bertz CT molecular complexity index is 1570. The number of fused-ring (bicyclic) bond motifs is 2. The third-order valence-electron chi connectivity index (χ3n) is 6.88. The van der Waals surface area contributed by atoms with Gasteiger partial charge in [-0.3, -0.25) is 14.9 Å². The number of nitrogens with one attached hydrogen (secondary N) is 1. The van der Waals surface area contributed by atoms with Crippen LogP contribution < -0.4 is 5.32 Å². The fraction of sp³-hybridized carbons (Fsp3) is 0.138. The van der Waals surface area contributed by atoms with E-state index in [0.29, 0.717) is 16.8 Å². The summed E-state index contributed by atoms with van der Waals surface area (Å²) in [6.45, 7) is 5.68. The normalized spacial score (nSPS) is 21.3. The summed E-state index contributed by atoms with van der Waals surface area (Å²) in [5.74, 6) is -1.36. The highest BCUT2D eigenvalue weighted by molar-refractivity contribution is 6.14. The molecule has 0 saturated heterocycles. The molecule has 9 nitrogen and oxygen atoms in total. The van der Waals surface area contributed by atoms with Crippen LogP contribution in [0.1, 0.15) is 23.6 Å². The third-order valence-corrected chi connectivity index (χ3v) is 6.88. The average molecular weight is 508 g/mol. The minimum Gasteiger partial charge on any atom is -0.474 e. The third kappa shape index (κ3) is 3.17. The highest BCUT2D eigenvalue weighted by Crippen LogP contribution is 2.64. The summed E-state index contributed by atoms with van der Waals surface area (Å²) in [4.78, 5) is 38.4. The molecule has 1 spiro atoms. The maximum absolute atomic E-state index is 14.2. The van der Waals surface area contributed by atoms with Crippen LogP contribution in [0.25, 0.3) is 5.76 Å². The van der Waals surface area contributed by atoms with Crippen molar-refractivity contribution in [3.8, 4) is 6.07 Å². The summed E-state index contributed by atoms with van der Waals surface area (Å²) in [7, 11) is 0. The first-order chi connectivity index (χ1) is 18.3. The highest BCUT2D eigenvalue weighted by atomic mass is 16.6. The molecule has 1 N–H and O–H groups in total. The number of anilines is 1. The van der Waals surface area contributed by atoms with Crippen LogP contribution in [-0.2, 0) is 30.1 Å². The molecule has 5 rings (SSSR count). The number of carbonyl (C=O) groups is 2. The van der Waals surface area contributed by atoms with E-state index in [1.807, 2.05) is 0 Å². The zero-order chi connectivity index (χ0) is 27.1. The SMILES string of the molecule is C=C(C(=O)OCC)[C@@]1(c2ccc([N+](=O)[O-])cc2)OC(c2ccccc2)=C(C#N)[C@]12C(=O)Nc1ccccc12. The number of nitro benzene ring substituents is 1. The molecule has 0 aromatic heterocycles. The second kappa shape index (κ2) is 9.01. The van der Waals surface area contributed by atoms with Crippen LogP contribution in [-0.4, -0.2) is 23.4 Å². The van der Waals surface area contributed by atoms with Gasteiger partial charge in [0.2, 0.25) is 5.91 Å². The van der Waals surface area contributed by atoms with Crippen LogP contribution in [0, 0.1) is 21.4 Å². The lowest BCUT2D eigenvalue weighted by atomic mass is 9.59. The maximum atomic E-state index is 14.2. The van der Waals surface area contributed by atoms with Crippen molar-refractivity contribution in [3.05, 3.63) is 123 Å². The van der Waals surface area contributed by atoms with Gasteiger partial charge >= 0.3 is 5.97 Å². The molecular formula is C29H21N3O6. The van der Waals surface area contributed by atoms with Crippen LogP contribution in [0.3, 0.4) is 0 Å². The zero-order valence-corrected chi connectivity index (χ0v) is 20.3. The summed E-state index contributed by atoms with van der Waals surface area (Å²) < 4.78 is 11.9. The number of para-hydroxylation sites is 1. The highest BCUT2D eigenvalue weighted by Gasteiger charge is 2.73. The van der Waals surface area contributed by atoms with Gasteiger partial charge in [-0.1, -0.05) is 55.1 Å². The molecule has 9 heteroatoms. The van der Waals surface area contributed by atoms with Gasteiger partial charge in [-0.25, -0.2) is 4.79 Å². The molecule has 188 valence electrons. The summed E-state index contributed by atoms with van der Waals surface area (Å²) in [5, 5.41) is 24.8. The van der Waals surface area contributed by atoms with Gasteiger partial charge in [0.05, 0.1) is 22.7 Å². The van der Waals surface area contributed by atoms with E-state index in [1.165, 1.54) is 24.3 Å². The van der Waals surface area contributed by atoms with E-state index in [0.717, 1.165) is 0 Å². The fourth-order valence-electron chi connectivity index (χ4n) is 5.33. The van der Waals surface area contributed by atoms with Crippen molar-refractivity contribution in [2.45, 2.75) is 17.9 Å². The van der Waals surface area contributed by atoms with Crippen molar-refractivity contribution >= 4 is 29.0 Å². The molecule has 0 fully saturated rings. The van der Waals surface area contributed by atoms with Crippen molar-refractivity contribution in [1.82, 2.24) is 0 Å². The largest absolute Gasteiger partial charge is 0.474 e. The number of hydrogen-bond acceptors (Lipinski definition) is 7. The number of nitro groups is 1. The van der Waals surface area contributed by atoms with E-state index in [1.54, 1.807) is 61.5 Å². The Balaban J connectivity index is 1.93. The van der Waals surface area contributed by atoms with Crippen LogP contribution in [0.4, 0.5) is 11.4 Å². The minimum atomic E-state index is -2.01. The van der Waals surface area contributed by atoms with Crippen molar-refractivity contribution < 1.29 is 24.0 Å². The molecule has 2 heterocycles. The molecule has 0 saturated carbocycles. The van der Waals surface area contributed by atoms with Crippen molar-refractivity contribution in [2.24, 2.45) is 0 Å². The lowest BCUT2D eigenvalue weighted by Crippen LogP contribution is -2.55. The van der Waals surface area contributed by atoms with Gasteiger partial charge in [0, 0.05) is 34.5 Å². The number of ether oxygens (including phenoxy) is 2. The quantitative estimate of drug-likeness (QED) is 0.220. The van der Waals surface area contributed by atoms with Gasteiger partial charge in [0.25, 0.3) is 5.69 Å². The molecule has 3 aromatic carbocycles. The smallest absolute Gasteiger partial charge is 0.337 e. The molecule has 0 unspecified atom stereocenters. The second-order valence-corrected chi connectivity index (χ2v) is 8.72. The summed E-state index contributed by atoms with van der Waals surface area (Å²) in [6, 6.07) is 23.0. The first-order valence-corrected chi connectivity index (χ1v) is 11.7. The maximum Gasteiger partial charge on any atom is 0.337 e. The van der Waals surface area contributed by atoms with Gasteiger partial charge in [0.15, 0.2) is 11.0 Å². The number of nitrogens with zero attached hydrogens (tertiary/aromatic N) is 2. The number of esters is 1. The minimum absolute atomic E-state index is 0.0219. The predicted molar refractivity (Wildman–Crippen MR) is 137 cm³/mol. The number of amides is 1. The Morgan fingerprint density at radius 2 is 1.76 bits per heavy atom. The van der Waals surface area contributed by atoms with Gasteiger partial charge in [-0.15, -0.1) is 0 Å². The van der Waals surface area contributed by atoms with Gasteiger partial charge in [-0.05, 0) is 25.1 Å². The first-order valence-electron chi connectivity index (χ1n) is 11.7. The number of rotatable bonds is 6. The number of non-ortho nitro benzene ring substituents is 1. The molecule has 2 aliphatic heterocycles. The van der Waals surface area contributed by atoms with E-state index in [4.69, 9.17) is 9.47 Å². The van der Waals surface area contributed by atoms with E-state index in [2.05, 4.69) is 18.0 Å². The molecule has 0 bridgehead atoms. The number of benzene rings is 3. The second-order valence-electron chi connectivity index (χ2n) is 8.72. The van der Waals surface area contributed by atoms with Crippen molar-refractivity contribution in [1.29, 1.82) is 5.26 Å². The standard InChI is InChI=1S/C29H21N3O6/c1-3-37-26(33)18(2)29(20-13-15-21(16-14-20)32(35)36)28(22-11-7-8-12-24(22)31-27(28)34)23(17-30)25(38-29)19-9-5-4-6-10-19/h4-16H,2-3H2,1H3,(H,31,34)/t28-,29+/m1/s1. The molecule has 3 aromatic rings. The Morgan fingerprint density at radius 1 is 1.11 bits per heavy atom. The first kappa shape index (κ1) is 24.5. The van der Waals surface area contributed by atoms with Crippen LogP contribution in [0.2, 0.25) is 0 Å². The summed E-state index contributed by atoms with van der Waals surface area (Å²) in [6.07, 6.45) is 0. The molecule has 0 radical (unpaired) electrons. The Kier molecular flexibility index (Phi) is 5.80. The monoisotopic (exact) mass is 507 g/mol. The topological polar surface area (TPSA) is 132 Å². The molecule has 0 aliphatic carbocycles. The number of carbonyl (C=O) groups excluding carboxylic acids is 2. The summed E-state index contributed by atoms with van der Waals surface area (Å²) in [5.41, 5.74) is -2.83. The number of nitriles is 1. The van der Waals surface area contributed by atoms with Crippen LogP contribution in [0.15, 0.2) is 96.6 Å². The lowest BCUT2D eigenvalue weighted by molar-refractivity contribution is -0.384. The van der Waals surface area contributed by atoms with E-state index < -0.39 is 27.8 Å². The predicted octanol–water partition coefficient (Wildman–Crippen LogP) is 4.76. The van der Waals surface area contributed by atoms with Crippen LogP contribution in [0.5, 0.6) is 0 Å². The van der Waals surface area contributed by atoms with E-state index in [-0.39, 0.29) is 34.8 Å².